The molecule has 2 heterocycles. The van der Waals surface area contributed by atoms with Crippen LogP contribution in [-0.4, -0.2) is 53.1 Å². The summed E-state index contributed by atoms with van der Waals surface area (Å²) in [6.45, 7) is 3.15. The molecule has 2 atom stereocenters. The molecule has 0 aromatic rings. The Hall–Kier alpha value is -1.54. The fourth-order valence-electron chi connectivity index (χ4n) is 2.07. The normalized spacial score (nSPS) is 24.9. The monoisotopic (exact) mass is 300 g/mol. The Balaban J connectivity index is 2.27. The molecule has 0 radical (unpaired) electrons. The van der Waals surface area contributed by atoms with Gasteiger partial charge in [0.05, 0.1) is 6.61 Å². The minimum atomic E-state index is -0.597. The summed E-state index contributed by atoms with van der Waals surface area (Å²) in [7, 11) is 0. The zero-order valence-corrected chi connectivity index (χ0v) is 12.1. The van der Waals surface area contributed by atoms with E-state index in [-0.39, 0.29) is 30.2 Å². The molecular weight excluding hydrogens is 284 g/mol. The van der Waals surface area contributed by atoms with E-state index in [1.54, 1.807) is 6.92 Å². The second-order valence-electron chi connectivity index (χ2n) is 4.39. The van der Waals surface area contributed by atoms with E-state index in [1.165, 1.54) is 23.6 Å². The summed E-state index contributed by atoms with van der Waals surface area (Å²) in [5, 5.41) is -0.247. The summed E-state index contributed by atoms with van der Waals surface area (Å²) in [5.41, 5.74) is 6.45. The molecule has 2 aliphatic heterocycles. The maximum absolute atomic E-state index is 12.0. The van der Waals surface area contributed by atoms with Crippen molar-refractivity contribution in [1.82, 2.24) is 4.90 Å². The molecule has 110 valence electrons. The zero-order valence-electron chi connectivity index (χ0n) is 11.3. The van der Waals surface area contributed by atoms with Crippen molar-refractivity contribution in [3.8, 4) is 0 Å². The maximum Gasteiger partial charge on any atom is 0.355 e. The summed E-state index contributed by atoms with van der Waals surface area (Å²) in [6, 6.07) is -0.597. The average Bonchev–Trinajstić information content (AvgIpc) is 2.43. The lowest BCUT2D eigenvalue weighted by atomic mass is 10.0. The molecule has 0 aromatic heterocycles. The molecule has 1 saturated heterocycles. The molecule has 0 saturated carbocycles. The molecule has 0 aromatic carbocycles. The predicted octanol–water partition coefficient (Wildman–Crippen LogP) is -0.391. The van der Waals surface area contributed by atoms with Gasteiger partial charge in [0.2, 0.25) is 5.91 Å². The van der Waals surface area contributed by atoms with E-state index in [0.717, 1.165) is 0 Å². The molecule has 1 amide bonds. The number of hydrogen-bond acceptors (Lipinski definition) is 7. The van der Waals surface area contributed by atoms with Crippen LogP contribution < -0.4 is 5.73 Å². The van der Waals surface area contributed by atoms with E-state index < -0.39 is 18.0 Å². The van der Waals surface area contributed by atoms with Gasteiger partial charge < -0.3 is 15.2 Å². The first-order valence-electron chi connectivity index (χ1n) is 6.20. The molecule has 0 aliphatic carbocycles. The number of amides is 1. The summed E-state index contributed by atoms with van der Waals surface area (Å²) in [5.74, 6) is -0.867. The number of carbonyl (C=O) groups is 3. The standard InChI is InChI=1S/C12H16N2O5S/c1-3-18-12(17)9-7(4-19-6(2)15)5-20-11-8(13)10(16)14(9)11/h8,11H,3-5,13H2,1-2H3/t8?,11-/m0/s1. The number of ether oxygens (including phenoxy) is 2. The van der Waals surface area contributed by atoms with Gasteiger partial charge >= 0.3 is 11.9 Å². The van der Waals surface area contributed by atoms with Crippen LogP contribution in [0.5, 0.6) is 0 Å². The first kappa shape index (κ1) is 14.9. The third-order valence-corrected chi connectivity index (χ3v) is 4.37. The van der Waals surface area contributed by atoms with E-state index in [4.69, 9.17) is 15.2 Å². The van der Waals surface area contributed by atoms with Crippen LogP contribution >= 0.6 is 11.8 Å². The van der Waals surface area contributed by atoms with Crippen molar-refractivity contribution < 1.29 is 23.9 Å². The highest BCUT2D eigenvalue weighted by molar-refractivity contribution is 8.00. The Labute approximate surface area is 120 Å². The Morgan fingerprint density at radius 1 is 1.45 bits per heavy atom. The van der Waals surface area contributed by atoms with Crippen LogP contribution in [0.4, 0.5) is 0 Å². The molecule has 1 unspecified atom stereocenters. The third kappa shape index (κ3) is 2.53. The summed E-state index contributed by atoms with van der Waals surface area (Å²) in [6.07, 6.45) is 0. The largest absolute Gasteiger partial charge is 0.461 e. The van der Waals surface area contributed by atoms with Crippen LogP contribution in [0.15, 0.2) is 11.3 Å². The highest BCUT2D eigenvalue weighted by Gasteiger charge is 2.52. The second-order valence-corrected chi connectivity index (χ2v) is 5.49. The number of nitrogens with two attached hydrogens (primary N) is 1. The van der Waals surface area contributed by atoms with E-state index in [1.807, 2.05) is 0 Å². The van der Waals surface area contributed by atoms with Gasteiger partial charge in [-0.2, -0.15) is 0 Å². The minimum Gasteiger partial charge on any atom is -0.461 e. The van der Waals surface area contributed by atoms with Gasteiger partial charge in [-0.05, 0) is 6.92 Å². The number of β-lactam (4-membered cyclic amide) rings is 1. The van der Waals surface area contributed by atoms with E-state index in [0.29, 0.717) is 11.3 Å². The Kier molecular flexibility index (Phi) is 4.34. The topological polar surface area (TPSA) is 98.9 Å². The van der Waals surface area contributed by atoms with Crippen molar-refractivity contribution >= 4 is 29.6 Å². The second kappa shape index (κ2) is 5.84. The van der Waals surface area contributed by atoms with E-state index in [9.17, 15) is 14.4 Å². The molecule has 2 N–H and O–H groups in total. The number of nitrogens with zero attached hydrogens (tertiary/aromatic N) is 1. The Morgan fingerprint density at radius 2 is 2.15 bits per heavy atom. The van der Waals surface area contributed by atoms with Gasteiger partial charge in [-0.3, -0.25) is 14.5 Å². The summed E-state index contributed by atoms with van der Waals surface area (Å²) < 4.78 is 9.90. The van der Waals surface area contributed by atoms with Crippen LogP contribution in [0.1, 0.15) is 13.8 Å². The van der Waals surface area contributed by atoms with Gasteiger partial charge in [-0.15, -0.1) is 11.8 Å². The highest BCUT2D eigenvalue weighted by atomic mass is 32.2. The lowest BCUT2D eigenvalue weighted by Crippen LogP contribution is -2.68. The van der Waals surface area contributed by atoms with Gasteiger partial charge in [0, 0.05) is 18.2 Å². The molecule has 7 nitrogen and oxygen atoms in total. The Bertz CT molecular complexity index is 490. The molecular formula is C12H16N2O5S. The SMILES string of the molecule is CCOC(=O)C1=C(COC(C)=O)CS[C@H]2C(N)C(=O)N12. The van der Waals surface area contributed by atoms with Gasteiger partial charge in [0.15, 0.2) is 0 Å². The van der Waals surface area contributed by atoms with Gasteiger partial charge in [0.25, 0.3) is 0 Å². The van der Waals surface area contributed by atoms with Crippen molar-refractivity contribution in [3.05, 3.63) is 11.3 Å². The van der Waals surface area contributed by atoms with Crippen molar-refractivity contribution in [3.63, 3.8) is 0 Å². The molecule has 2 aliphatic rings. The summed E-state index contributed by atoms with van der Waals surface area (Å²) in [4.78, 5) is 36.1. The molecule has 8 heteroatoms. The average molecular weight is 300 g/mol. The first-order chi connectivity index (χ1) is 9.47. The van der Waals surface area contributed by atoms with E-state index >= 15 is 0 Å². The number of fused-ring (bicyclic) bond motifs is 1. The highest BCUT2D eigenvalue weighted by Crippen LogP contribution is 2.39. The summed E-state index contributed by atoms with van der Waals surface area (Å²) >= 11 is 1.45. The van der Waals surface area contributed by atoms with Crippen molar-refractivity contribution in [1.29, 1.82) is 0 Å². The van der Waals surface area contributed by atoms with Gasteiger partial charge in [-0.25, -0.2) is 4.79 Å². The maximum atomic E-state index is 12.0. The molecule has 2 rings (SSSR count). The van der Waals surface area contributed by atoms with Crippen molar-refractivity contribution in [2.75, 3.05) is 19.0 Å². The van der Waals surface area contributed by atoms with Gasteiger partial charge in [-0.1, -0.05) is 0 Å². The quantitative estimate of drug-likeness (QED) is 0.557. The van der Waals surface area contributed by atoms with Crippen LogP contribution in [0, 0.1) is 0 Å². The van der Waals surface area contributed by atoms with E-state index in [2.05, 4.69) is 0 Å². The smallest absolute Gasteiger partial charge is 0.355 e. The number of carbonyl (C=O) groups excluding carboxylic acids is 3. The van der Waals surface area contributed by atoms with Crippen molar-refractivity contribution in [2.24, 2.45) is 5.73 Å². The molecule has 20 heavy (non-hydrogen) atoms. The minimum absolute atomic E-state index is 0.0256. The lowest BCUT2D eigenvalue weighted by molar-refractivity contribution is -0.150. The van der Waals surface area contributed by atoms with Crippen LogP contribution in [-0.2, 0) is 23.9 Å². The fraction of sp³-hybridized carbons (Fsp3) is 0.583. The number of hydrogen-bond donors (Lipinski definition) is 1. The Morgan fingerprint density at radius 3 is 2.75 bits per heavy atom. The predicted molar refractivity (Wildman–Crippen MR) is 71.4 cm³/mol. The zero-order chi connectivity index (χ0) is 14.9. The van der Waals surface area contributed by atoms with Gasteiger partial charge in [0.1, 0.15) is 23.7 Å². The first-order valence-corrected chi connectivity index (χ1v) is 7.25. The molecule has 1 fully saturated rings. The number of rotatable bonds is 4. The van der Waals surface area contributed by atoms with Crippen LogP contribution in [0.3, 0.4) is 0 Å². The fourth-order valence-corrected chi connectivity index (χ4v) is 3.34. The number of esters is 2. The van der Waals surface area contributed by atoms with Crippen LogP contribution in [0.2, 0.25) is 0 Å². The molecule has 0 spiro atoms. The number of thioether (sulfide) groups is 1. The van der Waals surface area contributed by atoms with Crippen molar-refractivity contribution in [2.45, 2.75) is 25.3 Å². The molecule has 0 bridgehead atoms. The third-order valence-electron chi connectivity index (χ3n) is 3.01. The lowest BCUT2D eigenvalue weighted by Gasteiger charge is -2.48. The van der Waals surface area contributed by atoms with Crippen LogP contribution in [0.25, 0.3) is 0 Å².